The van der Waals surface area contributed by atoms with Crippen LogP contribution in [0.1, 0.15) is 48.5 Å². The van der Waals surface area contributed by atoms with Gasteiger partial charge in [-0.2, -0.15) is 0 Å². The Labute approximate surface area is 182 Å². The number of piperidine rings is 1. The summed E-state index contributed by atoms with van der Waals surface area (Å²) in [6.45, 7) is 5.59. The van der Waals surface area contributed by atoms with Crippen molar-refractivity contribution in [2.75, 3.05) is 19.6 Å². The van der Waals surface area contributed by atoms with Gasteiger partial charge in [0.25, 0.3) is 5.91 Å². The van der Waals surface area contributed by atoms with Crippen molar-refractivity contribution in [1.29, 1.82) is 0 Å². The number of H-pyrrole nitrogens is 1. The summed E-state index contributed by atoms with van der Waals surface area (Å²) in [6.07, 6.45) is 4.59. The van der Waals surface area contributed by atoms with Gasteiger partial charge >= 0.3 is 0 Å². The van der Waals surface area contributed by atoms with Crippen molar-refractivity contribution < 1.29 is 4.79 Å². The van der Waals surface area contributed by atoms with Crippen LogP contribution in [0, 0.1) is 0 Å². The quantitative estimate of drug-likeness (QED) is 0.510. The molecule has 0 bridgehead atoms. The fraction of sp³-hybridized carbons (Fsp3) is 0.417. The number of aromatic amines is 1. The van der Waals surface area contributed by atoms with Gasteiger partial charge in [-0.25, -0.2) is 4.98 Å². The zero-order chi connectivity index (χ0) is 20.8. The first kappa shape index (κ1) is 20.9. The number of imidazole rings is 1. The Kier molecular flexibility index (Phi) is 7.07. The zero-order valence-electron chi connectivity index (χ0n) is 17.6. The predicted octanol–water partition coefficient (Wildman–Crippen LogP) is 4.85. The third-order valence-electron chi connectivity index (χ3n) is 5.71. The summed E-state index contributed by atoms with van der Waals surface area (Å²) >= 11 is 1.68. The summed E-state index contributed by atoms with van der Waals surface area (Å²) in [4.78, 5) is 23.1. The predicted molar refractivity (Wildman–Crippen MR) is 124 cm³/mol. The third kappa shape index (κ3) is 5.43. The SMILES string of the molecule is CCCCN1CCC(NC(=O)c2ccc(CSc3nc4ccccc4[nH]3)cc2)CC1. The summed E-state index contributed by atoms with van der Waals surface area (Å²) in [7, 11) is 0. The molecule has 4 rings (SSSR count). The molecule has 2 heterocycles. The number of rotatable bonds is 8. The molecule has 0 saturated carbocycles. The molecule has 6 heteroatoms. The molecule has 0 radical (unpaired) electrons. The molecule has 1 amide bonds. The summed E-state index contributed by atoms with van der Waals surface area (Å²) < 4.78 is 0. The summed E-state index contributed by atoms with van der Waals surface area (Å²) in [5.74, 6) is 0.858. The monoisotopic (exact) mass is 422 g/mol. The molecule has 0 spiro atoms. The maximum Gasteiger partial charge on any atom is 0.251 e. The molecule has 0 atom stereocenters. The normalized spacial score (nSPS) is 15.5. The molecule has 0 unspecified atom stereocenters. The Morgan fingerprint density at radius 2 is 1.93 bits per heavy atom. The first-order valence-electron chi connectivity index (χ1n) is 10.9. The highest BCUT2D eigenvalue weighted by Gasteiger charge is 2.20. The van der Waals surface area contributed by atoms with Crippen molar-refractivity contribution in [3.05, 3.63) is 59.7 Å². The molecule has 30 heavy (non-hydrogen) atoms. The zero-order valence-corrected chi connectivity index (χ0v) is 18.4. The molecule has 1 saturated heterocycles. The number of likely N-dealkylation sites (tertiary alicyclic amines) is 1. The van der Waals surface area contributed by atoms with Gasteiger partial charge in [0.05, 0.1) is 11.0 Å². The van der Waals surface area contributed by atoms with Gasteiger partial charge in [0.2, 0.25) is 0 Å². The fourth-order valence-corrected chi connectivity index (χ4v) is 4.69. The van der Waals surface area contributed by atoms with Crippen LogP contribution in [0.4, 0.5) is 0 Å². The Morgan fingerprint density at radius 1 is 1.17 bits per heavy atom. The van der Waals surface area contributed by atoms with E-state index in [1.165, 1.54) is 24.9 Å². The molecule has 5 nitrogen and oxygen atoms in total. The van der Waals surface area contributed by atoms with Crippen LogP contribution in [-0.4, -0.2) is 46.5 Å². The van der Waals surface area contributed by atoms with Gasteiger partial charge in [-0.15, -0.1) is 0 Å². The lowest BCUT2D eigenvalue weighted by Crippen LogP contribution is -2.44. The van der Waals surface area contributed by atoms with Crippen molar-refractivity contribution in [1.82, 2.24) is 20.2 Å². The number of carbonyl (C=O) groups excluding carboxylic acids is 1. The second-order valence-electron chi connectivity index (χ2n) is 7.99. The van der Waals surface area contributed by atoms with Crippen LogP contribution in [-0.2, 0) is 5.75 Å². The minimum absolute atomic E-state index is 0.0403. The molecular formula is C24H30N4OS. The average molecular weight is 423 g/mol. The first-order chi connectivity index (χ1) is 14.7. The van der Waals surface area contributed by atoms with E-state index in [2.05, 4.69) is 27.1 Å². The molecule has 0 aliphatic carbocycles. The van der Waals surface area contributed by atoms with E-state index in [1.54, 1.807) is 11.8 Å². The van der Waals surface area contributed by atoms with Gasteiger partial charge in [-0.1, -0.05) is 49.4 Å². The number of nitrogens with one attached hydrogen (secondary N) is 2. The summed E-state index contributed by atoms with van der Waals surface area (Å²) in [6, 6.07) is 16.3. The van der Waals surface area contributed by atoms with Crippen LogP contribution in [0.3, 0.4) is 0 Å². The van der Waals surface area contributed by atoms with Crippen LogP contribution < -0.4 is 5.32 Å². The number of fused-ring (bicyclic) bond motifs is 1. The Morgan fingerprint density at radius 3 is 2.67 bits per heavy atom. The Hall–Kier alpha value is -2.31. The van der Waals surface area contributed by atoms with Crippen LogP contribution in [0.2, 0.25) is 0 Å². The van der Waals surface area contributed by atoms with E-state index >= 15 is 0 Å². The number of benzene rings is 2. The van der Waals surface area contributed by atoms with Gasteiger partial charge in [-0.05, 0) is 55.6 Å². The standard InChI is InChI=1S/C24H30N4OS/c1-2-3-14-28-15-12-20(13-16-28)25-23(29)19-10-8-18(9-11-19)17-30-24-26-21-6-4-5-7-22(21)27-24/h4-11,20H,2-3,12-17H2,1H3,(H,25,29)(H,26,27). The lowest BCUT2D eigenvalue weighted by molar-refractivity contribution is 0.0911. The van der Waals surface area contributed by atoms with Crippen molar-refractivity contribution in [2.45, 2.75) is 49.6 Å². The molecule has 1 aromatic heterocycles. The molecule has 1 aliphatic rings. The molecule has 1 fully saturated rings. The number of carbonyl (C=O) groups is 1. The van der Waals surface area contributed by atoms with Gasteiger partial charge in [0.15, 0.2) is 5.16 Å². The molecule has 2 N–H and O–H groups in total. The van der Waals surface area contributed by atoms with E-state index in [-0.39, 0.29) is 5.91 Å². The Balaban J connectivity index is 1.25. The lowest BCUT2D eigenvalue weighted by Gasteiger charge is -2.32. The largest absolute Gasteiger partial charge is 0.349 e. The van der Waals surface area contributed by atoms with Gasteiger partial charge < -0.3 is 15.2 Å². The lowest BCUT2D eigenvalue weighted by atomic mass is 10.0. The summed E-state index contributed by atoms with van der Waals surface area (Å²) in [5.41, 5.74) is 3.97. The second-order valence-corrected chi connectivity index (χ2v) is 8.95. The van der Waals surface area contributed by atoms with E-state index in [0.717, 1.165) is 53.4 Å². The number of unbranched alkanes of at least 4 members (excludes halogenated alkanes) is 1. The first-order valence-corrected chi connectivity index (χ1v) is 11.9. The number of aromatic nitrogens is 2. The van der Waals surface area contributed by atoms with Crippen molar-refractivity contribution in [3.63, 3.8) is 0 Å². The number of thioether (sulfide) groups is 1. The number of hydrogen-bond acceptors (Lipinski definition) is 4. The van der Waals surface area contributed by atoms with Crippen molar-refractivity contribution in [3.8, 4) is 0 Å². The number of hydrogen-bond donors (Lipinski definition) is 2. The van der Waals surface area contributed by atoms with Crippen molar-refractivity contribution >= 4 is 28.7 Å². The Bertz CT molecular complexity index is 928. The maximum absolute atomic E-state index is 12.6. The number of amides is 1. The molecule has 3 aromatic rings. The third-order valence-corrected chi connectivity index (χ3v) is 6.65. The molecule has 2 aromatic carbocycles. The molecule has 1 aliphatic heterocycles. The number of para-hydroxylation sites is 2. The van der Waals surface area contributed by atoms with Crippen LogP contribution in [0.5, 0.6) is 0 Å². The highest BCUT2D eigenvalue weighted by molar-refractivity contribution is 7.98. The smallest absolute Gasteiger partial charge is 0.251 e. The van der Waals surface area contributed by atoms with E-state index in [0.29, 0.717) is 6.04 Å². The average Bonchev–Trinajstić information content (AvgIpc) is 3.20. The minimum atomic E-state index is 0.0403. The van der Waals surface area contributed by atoms with Gasteiger partial charge in [-0.3, -0.25) is 4.79 Å². The fourth-order valence-electron chi connectivity index (χ4n) is 3.85. The van der Waals surface area contributed by atoms with Gasteiger partial charge in [0.1, 0.15) is 0 Å². The van der Waals surface area contributed by atoms with Crippen molar-refractivity contribution in [2.24, 2.45) is 0 Å². The van der Waals surface area contributed by atoms with Crippen LogP contribution in [0.25, 0.3) is 11.0 Å². The second kappa shape index (κ2) is 10.1. The highest BCUT2D eigenvalue weighted by atomic mass is 32.2. The molecular weight excluding hydrogens is 392 g/mol. The molecule has 158 valence electrons. The van der Waals surface area contributed by atoms with E-state index in [1.807, 2.05) is 48.5 Å². The van der Waals surface area contributed by atoms with Gasteiger partial charge in [0, 0.05) is 30.4 Å². The topological polar surface area (TPSA) is 61.0 Å². The minimum Gasteiger partial charge on any atom is -0.349 e. The van der Waals surface area contributed by atoms with E-state index in [9.17, 15) is 4.79 Å². The highest BCUT2D eigenvalue weighted by Crippen LogP contribution is 2.23. The number of nitrogens with zero attached hydrogens (tertiary/aromatic N) is 2. The van der Waals surface area contributed by atoms with Crippen LogP contribution >= 0.6 is 11.8 Å². The maximum atomic E-state index is 12.6. The van der Waals surface area contributed by atoms with E-state index in [4.69, 9.17) is 0 Å². The van der Waals surface area contributed by atoms with E-state index < -0.39 is 0 Å². The van der Waals surface area contributed by atoms with Crippen LogP contribution in [0.15, 0.2) is 53.7 Å². The summed E-state index contributed by atoms with van der Waals surface area (Å²) in [5, 5.41) is 4.14.